The highest BCUT2D eigenvalue weighted by Crippen LogP contribution is 2.41. The molecule has 1 aliphatic heterocycles. The van der Waals surface area contributed by atoms with Crippen molar-refractivity contribution in [3.8, 4) is 23.0 Å². The van der Waals surface area contributed by atoms with E-state index in [0.717, 1.165) is 119 Å². The number of rotatable bonds is 18. The average Bonchev–Trinajstić information content (AvgIpc) is 4.32. The molecule has 4 aromatic carbocycles. The number of benzene rings is 4. The van der Waals surface area contributed by atoms with E-state index in [1.54, 1.807) is 0 Å². The Morgan fingerprint density at radius 3 is 0.948 bits per heavy atom. The van der Waals surface area contributed by atoms with Gasteiger partial charge in [-0.3, -0.25) is 0 Å². The topological polar surface area (TPSA) is 128 Å². The summed E-state index contributed by atoms with van der Waals surface area (Å²) in [6, 6.07) is 43.6. The molecule has 10 bridgehead atoms. The predicted molar refractivity (Wildman–Crippen MR) is 304 cm³/mol. The molecule has 404 valence electrons. The highest BCUT2D eigenvalue weighted by atomic mass is 16.6. The molecule has 10 rings (SSSR count). The first-order chi connectivity index (χ1) is 38.0. The molecule has 0 atom stereocenters. The number of nitrogens with one attached hydrogen (secondary N) is 4. The summed E-state index contributed by atoms with van der Waals surface area (Å²) in [5.74, 6) is 3.63. The van der Waals surface area contributed by atoms with Crippen LogP contribution < -0.4 is 18.9 Å². The number of aromatic amines is 4. The predicted octanol–water partition coefficient (Wildman–Crippen LogP) is 13.4. The van der Waals surface area contributed by atoms with Crippen LogP contribution in [0.1, 0.15) is 132 Å². The van der Waals surface area contributed by atoms with Crippen LogP contribution in [0.3, 0.4) is 0 Å². The molecular weight excluding hydrogens is 961 g/mol. The van der Waals surface area contributed by atoms with Crippen molar-refractivity contribution in [2.45, 2.75) is 102 Å². The van der Waals surface area contributed by atoms with Crippen molar-refractivity contribution in [1.82, 2.24) is 19.9 Å². The second-order valence-corrected chi connectivity index (χ2v) is 21.2. The highest BCUT2D eigenvalue weighted by molar-refractivity contribution is 5.56. The van der Waals surface area contributed by atoms with Gasteiger partial charge < -0.3 is 53.1 Å². The third-order valence-electron chi connectivity index (χ3n) is 15.8. The van der Waals surface area contributed by atoms with Crippen molar-refractivity contribution in [2.75, 3.05) is 66.1 Å². The first-order valence-corrected chi connectivity index (χ1v) is 28.2. The Kier molecular flexibility index (Phi) is 18.4. The quantitative estimate of drug-likeness (QED) is 0.0630. The van der Waals surface area contributed by atoms with Gasteiger partial charge in [-0.1, -0.05) is 98.5 Å². The van der Waals surface area contributed by atoms with Gasteiger partial charge in [0, 0.05) is 84.1 Å². The van der Waals surface area contributed by atoms with Crippen LogP contribution >= 0.6 is 0 Å². The largest absolute Gasteiger partial charge is 0.493 e. The molecular formula is C66H78N4O7. The van der Waals surface area contributed by atoms with Crippen LogP contribution in [0.15, 0.2) is 146 Å². The van der Waals surface area contributed by atoms with Crippen molar-refractivity contribution in [3.63, 3.8) is 0 Å². The summed E-state index contributed by atoms with van der Waals surface area (Å²) in [6.07, 6.45) is 18.7. The summed E-state index contributed by atoms with van der Waals surface area (Å²) in [5, 5.41) is 0. The van der Waals surface area contributed by atoms with E-state index in [-0.39, 0.29) is 10.8 Å². The van der Waals surface area contributed by atoms with Gasteiger partial charge in [0.15, 0.2) is 0 Å². The van der Waals surface area contributed by atoms with Crippen LogP contribution in [-0.2, 0) is 50.7 Å². The maximum atomic E-state index is 7.06. The average molecular weight is 1040 g/mol. The van der Waals surface area contributed by atoms with Gasteiger partial charge in [-0.2, -0.15) is 0 Å². The van der Waals surface area contributed by atoms with E-state index >= 15 is 0 Å². The van der Waals surface area contributed by atoms with E-state index in [0.29, 0.717) is 91.8 Å². The molecule has 5 heterocycles. The maximum absolute atomic E-state index is 7.06. The fourth-order valence-corrected chi connectivity index (χ4v) is 11.6. The molecule has 0 spiro atoms. The van der Waals surface area contributed by atoms with E-state index in [2.05, 4.69) is 155 Å². The van der Waals surface area contributed by atoms with Gasteiger partial charge in [-0.05, 0) is 133 Å². The van der Waals surface area contributed by atoms with Crippen molar-refractivity contribution >= 4 is 0 Å². The van der Waals surface area contributed by atoms with Crippen LogP contribution in [0.4, 0.5) is 0 Å². The summed E-state index contributed by atoms with van der Waals surface area (Å²) in [6.45, 7) is 9.45. The monoisotopic (exact) mass is 1040 g/mol. The van der Waals surface area contributed by atoms with Crippen molar-refractivity contribution in [2.24, 2.45) is 0 Å². The lowest BCUT2D eigenvalue weighted by atomic mass is 9.78. The fourth-order valence-electron chi connectivity index (χ4n) is 11.6. The third-order valence-corrected chi connectivity index (χ3v) is 15.8. The molecule has 0 saturated heterocycles. The zero-order valence-corrected chi connectivity index (χ0v) is 45.3. The number of para-hydroxylation sites is 4. The Morgan fingerprint density at radius 2 is 0.649 bits per heavy atom. The Hall–Kier alpha value is -6.92. The molecule has 11 heteroatoms. The lowest BCUT2D eigenvalue weighted by Crippen LogP contribution is -2.24. The summed E-state index contributed by atoms with van der Waals surface area (Å²) < 4.78 is 45.8. The Balaban J connectivity index is 0.944. The van der Waals surface area contributed by atoms with E-state index in [9.17, 15) is 0 Å². The summed E-state index contributed by atoms with van der Waals surface area (Å²) in [7, 11) is 0. The minimum Gasteiger partial charge on any atom is -0.493 e. The van der Waals surface area contributed by atoms with Gasteiger partial charge >= 0.3 is 0 Å². The number of fused-ring (bicyclic) bond motifs is 2. The van der Waals surface area contributed by atoms with Gasteiger partial charge in [-0.25, -0.2) is 0 Å². The highest BCUT2D eigenvalue weighted by Gasteiger charge is 2.32. The molecule has 0 radical (unpaired) electrons. The summed E-state index contributed by atoms with van der Waals surface area (Å²) in [5.41, 5.74) is 13.5. The van der Waals surface area contributed by atoms with Crippen LogP contribution in [-0.4, -0.2) is 86.0 Å². The second-order valence-electron chi connectivity index (χ2n) is 21.2. The fraction of sp³-hybridized carbons (Fsp3) is 0.394. The third kappa shape index (κ3) is 13.3. The van der Waals surface area contributed by atoms with Crippen LogP contribution in [0.25, 0.3) is 0 Å². The standard InChI is InChI=1S/C66H78N4O7/c1-65(57-25-13-31-67-57,58-26-14-32-68-58)29-5-3-7-35-74-61-49-17-9-18-50(61)46-54-22-12-24-56-48-52-20-10-19-51(62(52)75-36-8-4-6-30-66(2,59-27-15-33-69-59)60-28-16-34-70-60)47-55-23-11-21-53(45-49)63(55)76-43-41-72-39-37-71-38-40-73-42-44-77-64(54)56/h9-28,31-34,67-70H,3-8,29-30,35-48H2,1-2H3. The number of H-pyrrole nitrogens is 4. The van der Waals surface area contributed by atoms with Crippen LogP contribution in [0.2, 0.25) is 0 Å². The molecule has 4 aromatic heterocycles. The molecule has 0 amide bonds. The molecule has 0 saturated carbocycles. The molecule has 8 aromatic rings. The molecule has 4 N–H and O–H groups in total. The zero-order valence-electron chi connectivity index (χ0n) is 45.3. The number of hydrogen-bond acceptors (Lipinski definition) is 7. The molecule has 0 unspecified atom stereocenters. The molecule has 2 aliphatic rings. The van der Waals surface area contributed by atoms with Crippen LogP contribution in [0.5, 0.6) is 23.0 Å². The zero-order chi connectivity index (χ0) is 52.5. The SMILES string of the molecule is CC(CCCCCOc1c2cccc1Cc1cccc3c1OCCOCCOCCOCCOc1c(cccc1Cc1cccc(c1OCCCCCC(C)(c1ccc[nH]1)c1ccc[nH]1)C3)C2)(c1ccc[nH]1)c1ccc[nH]1. The van der Waals surface area contributed by atoms with Crippen molar-refractivity contribution < 1.29 is 33.2 Å². The first-order valence-electron chi connectivity index (χ1n) is 28.2. The van der Waals surface area contributed by atoms with Crippen molar-refractivity contribution in [1.29, 1.82) is 0 Å². The van der Waals surface area contributed by atoms with E-state index in [4.69, 9.17) is 33.2 Å². The number of ether oxygens (including phenoxy) is 7. The van der Waals surface area contributed by atoms with Crippen LogP contribution in [0, 0.1) is 0 Å². The second kappa shape index (κ2) is 26.4. The lowest BCUT2D eigenvalue weighted by Gasteiger charge is -2.28. The maximum Gasteiger partial charge on any atom is 0.126 e. The summed E-state index contributed by atoms with van der Waals surface area (Å²) >= 11 is 0. The minimum atomic E-state index is -0.133. The Labute approximate surface area is 455 Å². The van der Waals surface area contributed by atoms with E-state index in [1.165, 1.54) is 22.8 Å². The molecule has 1 aliphatic carbocycles. The first kappa shape index (κ1) is 53.5. The number of unbranched alkanes of at least 4 members (excludes halogenated alkanes) is 4. The Morgan fingerprint density at radius 1 is 0.351 bits per heavy atom. The number of aromatic nitrogens is 4. The molecule has 11 nitrogen and oxygen atoms in total. The lowest BCUT2D eigenvalue weighted by molar-refractivity contribution is 0.00484. The summed E-state index contributed by atoms with van der Waals surface area (Å²) in [4.78, 5) is 14.0. The molecule has 77 heavy (non-hydrogen) atoms. The van der Waals surface area contributed by atoms with Gasteiger partial charge in [0.1, 0.15) is 36.2 Å². The van der Waals surface area contributed by atoms with Crippen molar-refractivity contribution in [3.05, 3.63) is 213 Å². The van der Waals surface area contributed by atoms with E-state index in [1.807, 2.05) is 24.8 Å². The minimum absolute atomic E-state index is 0.133. The van der Waals surface area contributed by atoms with Gasteiger partial charge in [-0.15, -0.1) is 0 Å². The van der Waals surface area contributed by atoms with Gasteiger partial charge in [0.2, 0.25) is 0 Å². The normalized spacial score (nSPS) is 14.8. The van der Waals surface area contributed by atoms with Gasteiger partial charge in [0.25, 0.3) is 0 Å². The van der Waals surface area contributed by atoms with Gasteiger partial charge in [0.05, 0.1) is 52.9 Å². The smallest absolute Gasteiger partial charge is 0.126 e. The van der Waals surface area contributed by atoms with E-state index < -0.39 is 0 Å². The Bertz CT molecular complexity index is 2660. The molecule has 0 fully saturated rings. The number of hydrogen-bond donors (Lipinski definition) is 4.